The van der Waals surface area contributed by atoms with Crippen LogP contribution < -0.4 is 0 Å². The molecule has 0 saturated carbocycles. The number of halogens is 1. The first kappa shape index (κ1) is 21.9. The summed E-state index contributed by atoms with van der Waals surface area (Å²) in [5.74, 6) is -0.545. The monoisotopic (exact) mass is 461 g/mol. The maximum absolute atomic E-state index is 13.8. The van der Waals surface area contributed by atoms with Crippen molar-refractivity contribution in [2.75, 3.05) is 6.61 Å². The Morgan fingerprint density at radius 3 is 2.74 bits per heavy atom. The number of pyridine rings is 1. The molecule has 1 aliphatic rings. The van der Waals surface area contributed by atoms with Crippen LogP contribution in [0, 0.1) is 12.7 Å². The van der Waals surface area contributed by atoms with Crippen molar-refractivity contribution in [1.29, 1.82) is 0 Å². The highest BCUT2D eigenvalue weighted by Crippen LogP contribution is 2.25. The molecule has 5 rings (SSSR count). The van der Waals surface area contributed by atoms with E-state index in [0.29, 0.717) is 30.1 Å². The Morgan fingerprint density at radius 1 is 1.15 bits per heavy atom. The zero-order valence-electron chi connectivity index (χ0n) is 18.9. The van der Waals surface area contributed by atoms with Crippen molar-refractivity contribution in [3.63, 3.8) is 0 Å². The van der Waals surface area contributed by atoms with Crippen molar-refractivity contribution >= 4 is 5.91 Å². The Kier molecular flexibility index (Phi) is 5.89. The van der Waals surface area contributed by atoms with E-state index in [9.17, 15) is 9.18 Å². The summed E-state index contributed by atoms with van der Waals surface area (Å²) in [6, 6.07) is 8.57. The fourth-order valence-electron chi connectivity index (χ4n) is 4.13. The second-order valence-electron chi connectivity index (χ2n) is 8.33. The molecular formula is C24H24FN7O2. The van der Waals surface area contributed by atoms with Gasteiger partial charge in [-0.2, -0.15) is 20.1 Å². The van der Waals surface area contributed by atoms with E-state index in [0.717, 1.165) is 17.5 Å². The molecule has 1 aromatic carbocycles. The van der Waals surface area contributed by atoms with Crippen LogP contribution in [0.5, 0.6) is 0 Å². The third-order valence-corrected chi connectivity index (χ3v) is 5.88. The molecule has 1 unspecified atom stereocenters. The molecule has 0 radical (unpaired) electrons. The molecule has 2 atom stereocenters. The van der Waals surface area contributed by atoms with E-state index in [-0.39, 0.29) is 11.9 Å². The molecule has 4 aromatic rings. The highest BCUT2D eigenvalue weighted by molar-refractivity contribution is 5.98. The highest BCUT2D eigenvalue weighted by Gasteiger charge is 2.35. The molecule has 3 aromatic heterocycles. The first-order valence-electron chi connectivity index (χ1n) is 11.1. The summed E-state index contributed by atoms with van der Waals surface area (Å²) in [6.07, 6.45) is 8.03. The number of carbonyl (C=O) groups is 1. The number of nitrogens with zero attached hydrogens (tertiary/aromatic N) is 7. The Bertz CT molecular complexity index is 1290. The molecule has 0 spiro atoms. The van der Waals surface area contributed by atoms with Gasteiger partial charge in [0.15, 0.2) is 6.23 Å². The van der Waals surface area contributed by atoms with Crippen LogP contribution in [-0.4, -0.2) is 59.4 Å². The van der Waals surface area contributed by atoms with Crippen molar-refractivity contribution in [2.45, 2.75) is 39.1 Å². The summed E-state index contributed by atoms with van der Waals surface area (Å²) in [5.41, 5.74) is 3.46. The molecule has 1 aliphatic heterocycles. The molecule has 0 bridgehead atoms. The van der Waals surface area contributed by atoms with Gasteiger partial charge in [-0.25, -0.2) is 4.39 Å². The molecular weight excluding hydrogens is 437 g/mol. The lowest BCUT2D eigenvalue weighted by Gasteiger charge is -2.40. The van der Waals surface area contributed by atoms with Gasteiger partial charge in [0.2, 0.25) is 0 Å². The number of rotatable bonds is 5. The largest absolute Gasteiger partial charge is 0.356 e. The van der Waals surface area contributed by atoms with Gasteiger partial charge in [0.25, 0.3) is 5.91 Å². The second kappa shape index (κ2) is 9.14. The molecule has 10 heteroatoms. The van der Waals surface area contributed by atoms with Gasteiger partial charge in [0, 0.05) is 17.8 Å². The van der Waals surface area contributed by atoms with Crippen LogP contribution in [0.1, 0.15) is 29.3 Å². The van der Waals surface area contributed by atoms with E-state index in [1.165, 1.54) is 17.1 Å². The van der Waals surface area contributed by atoms with Gasteiger partial charge in [-0.3, -0.25) is 14.5 Å². The van der Waals surface area contributed by atoms with Crippen molar-refractivity contribution in [3.8, 4) is 16.9 Å². The van der Waals surface area contributed by atoms with Crippen LogP contribution in [0.4, 0.5) is 4.39 Å². The summed E-state index contributed by atoms with van der Waals surface area (Å²) in [5, 5.41) is 12.8. The highest BCUT2D eigenvalue weighted by atomic mass is 19.1. The van der Waals surface area contributed by atoms with Crippen LogP contribution in [0.15, 0.2) is 61.3 Å². The number of benzene rings is 1. The van der Waals surface area contributed by atoms with Gasteiger partial charge in [-0.15, -0.1) is 0 Å². The van der Waals surface area contributed by atoms with Crippen molar-refractivity contribution in [3.05, 3.63) is 78.3 Å². The molecule has 174 valence electrons. The Morgan fingerprint density at radius 2 is 1.97 bits per heavy atom. The predicted molar refractivity (Wildman–Crippen MR) is 122 cm³/mol. The molecule has 1 saturated heterocycles. The summed E-state index contributed by atoms with van der Waals surface area (Å²) < 4.78 is 21.0. The maximum atomic E-state index is 13.8. The maximum Gasteiger partial charge on any atom is 0.258 e. The summed E-state index contributed by atoms with van der Waals surface area (Å²) in [7, 11) is 0. The van der Waals surface area contributed by atoms with Gasteiger partial charge in [-0.1, -0.05) is 11.6 Å². The zero-order valence-corrected chi connectivity index (χ0v) is 18.9. The predicted octanol–water partition coefficient (Wildman–Crippen LogP) is 3.25. The Labute approximate surface area is 195 Å². The number of aromatic nitrogens is 6. The number of hydrogen-bond acceptors (Lipinski definition) is 6. The lowest BCUT2D eigenvalue weighted by molar-refractivity contribution is -0.106. The normalized spacial score (nSPS) is 18.3. The van der Waals surface area contributed by atoms with Gasteiger partial charge >= 0.3 is 0 Å². The molecule has 34 heavy (non-hydrogen) atoms. The summed E-state index contributed by atoms with van der Waals surface area (Å²) in [6.45, 7) is 4.86. The average molecular weight is 462 g/mol. The van der Waals surface area contributed by atoms with Gasteiger partial charge in [0.05, 0.1) is 54.9 Å². The molecule has 0 N–H and O–H groups in total. The molecule has 4 heterocycles. The summed E-state index contributed by atoms with van der Waals surface area (Å²) >= 11 is 0. The molecule has 1 amide bonds. The minimum Gasteiger partial charge on any atom is -0.356 e. The lowest BCUT2D eigenvalue weighted by atomic mass is 10.1. The van der Waals surface area contributed by atoms with E-state index in [1.807, 2.05) is 38.2 Å². The quantitative estimate of drug-likeness (QED) is 0.453. The fraction of sp³-hybridized carbons (Fsp3) is 0.292. The first-order chi connectivity index (χ1) is 16.5. The van der Waals surface area contributed by atoms with Crippen LogP contribution in [0.3, 0.4) is 0 Å². The molecule has 0 aliphatic carbocycles. The third kappa shape index (κ3) is 4.32. The van der Waals surface area contributed by atoms with E-state index in [1.54, 1.807) is 34.2 Å². The van der Waals surface area contributed by atoms with Crippen molar-refractivity contribution in [2.24, 2.45) is 0 Å². The smallest absolute Gasteiger partial charge is 0.258 e. The van der Waals surface area contributed by atoms with Crippen LogP contribution in [-0.2, 0) is 11.3 Å². The van der Waals surface area contributed by atoms with E-state index in [4.69, 9.17) is 4.74 Å². The SMILES string of the molecule is Cc1ccc(-n2nccn2)c(C(=O)N2C(Cn3cc(-c4ccc(F)cn4)cn3)OCC[C@@H]2C)c1. The van der Waals surface area contributed by atoms with Crippen molar-refractivity contribution < 1.29 is 13.9 Å². The number of ether oxygens (including phenoxy) is 1. The number of amides is 1. The van der Waals surface area contributed by atoms with Gasteiger partial charge in [0.1, 0.15) is 5.82 Å². The van der Waals surface area contributed by atoms with Crippen LogP contribution in [0.2, 0.25) is 0 Å². The number of carbonyl (C=O) groups excluding carboxylic acids is 1. The third-order valence-electron chi connectivity index (χ3n) is 5.88. The summed E-state index contributed by atoms with van der Waals surface area (Å²) in [4.78, 5) is 21.2. The standard InChI is InChI=1S/C24H24FN7O2/c1-16-3-6-22(32-27-8-9-28-32)20(11-16)24(33)31-17(2)7-10-34-23(31)15-30-14-18(12-29-30)21-5-4-19(25)13-26-21/h3-6,8-9,11-14,17,23H,7,10,15H2,1-2H3/t17-,23?/m0/s1. The number of hydrogen-bond donors (Lipinski definition) is 0. The molecule has 9 nitrogen and oxygen atoms in total. The van der Waals surface area contributed by atoms with Crippen LogP contribution in [0.25, 0.3) is 16.9 Å². The second-order valence-corrected chi connectivity index (χ2v) is 8.33. The zero-order chi connectivity index (χ0) is 23.7. The Balaban J connectivity index is 1.43. The number of aryl methyl sites for hydroxylation is 1. The molecule has 1 fully saturated rings. The fourth-order valence-corrected chi connectivity index (χ4v) is 4.13. The topological polar surface area (TPSA) is 91.0 Å². The minimum absolute atomic E-state index is 0.0287. The minimum atomic E-state index is -0.510. The van der Waals surface area contributed by atoms with Crippen LogP contribution >= 0.6 is 0 Å². The van der Waals surface area contributed by atoms with Gasteiger partial charge in [-0.05, 0) is 44.5 Å². The van der Waals surface area contributed by atoms with E-state index in [2.05, 4.69) is 20.3 Å². The van der Waals surface area contributed by atoms with E-state index < -0.39 is 12.0 Å². The Hall–Kier alpha value is -3.92. The first-order valence-corrected chi connectivity index (χ1v) is 11.1. The van der Waals surface area contributed by atoms with Crippen molar-refractivity contribution in [1.82, 2.24) is 34.7 Å². The average Bonchev–Trinajstić information content (AvgIpc) is 3.52. The lowest BCUT2D eigenvalue weighted by Crippen LogP contribution is -2.53. The van der Waals surface area contributed by atoms with Gasteiger partial charge < -0.3 is 9.64 Å². The van der Waals surface area contributed by atoms with E-state index >= 15 is 0 Å².